The minimum Gasteiger partial charge on any atom is -0.377 e. The number of halogens is 1. The molecular formula is C11H18FN2+. The second-order valence-corrected chi connectivity index (χ2v) is 4.42. The number of hydrogen-bond donors (Lipinski definition) is 1. The molecule has 0 fully saturated rings. The van der Waals surface area contributed by atoms with Gasteiger partial charge in [-0.2, -0.15) is 0 Å². The minimum atomic E-state index is -0.186. The van der Waals surface area contributed by atoms with Gasteiger partial charge in [0.15, 0.2) is 0 Å². The number of para-hydroxylation sites is 1. The summed E-state index contributed by atoms with van der Waals surface area (Å²) >= 11 is 0. The molecule has 0 radical (unpaired) electrons. The maximum absolute atomic E-state index is 13.1. The van der Waals surface area contributed by atoms with Gasteiger partial charge in [-0.15, -0.1) is 0 Å². The molecular weight excluding hydrogens is 179 g/mol. The zero-order valence-electron chi connectivity index (χ0n) is 9.05. The molecule has 14 heavy (non-hydrogen) atoms. The van der Waals surface area contributed by atoms with Crippen LogP contribution in [0, 0.1) is 5.82 Å². The van der Waals surface area contributed by atoms with Crippen molar-refractivity contribution in [2.45, 2.75) is 0 Å². The second kappa shape index (κ2) is 4.42. The number of likely N-dealkylation sites (N-methyl/N-ethyl adjacent to an activating group) is 1. The van der Waals surface area contributed by atoms with Crippen LogP contribution in [-0.2, 0) is 0 Å². The lowest BCUT2D eigenvalue weighted by Crippen LogP contribution is -2.38. The summed E-state index contributed by atoms with van der Waals surface area (Å²) in [5, 5.41) is 3.08. The topological polar surface area (TPSA) is 12.0 Å². The summed E-state index contributed by atoms with van der Waals surface area (Å²) in [4.78, 5) is 0. The van der Waals surface area contributed by atoms with Crippen LogP contribution in [-0.4, -0.2) is 38.7 Å². The van der Waals surface area contributed by atoms with Gasteiger partial charge in [0.1, 0.15) is 5.82 Å². The van der Waals surface area contributed by atoms with E-state index in [0.717, 1.165) is 17.6 Å². The van der Waals surface area contributed by atoms with Crippen molar-refractivity contribution in [2.75, 3.05) is 39.5 Å². The van der Waals surface area contributed by atoms with Crippen LogP contribution in [0.4, 0.5) is 10.1 Å². The SMILES string of the molecule is C[N+](C)(C)CCNc1ccccc1F. The number of benzene rings is 1. The van der Waals surface area contributed by atoms with Gasteiger partial charge in [0, 0.05) is 0 Å². The van der Waals surface area contributed by atoms with Crippen LogP contribution >= 0.6 is 0 Å². The van der Waals surface area contributed by atoms with Gasteiger partial charge in [0.05, 0.1) is 39.9 Å². The lowest BCUT2D eigenvalue weighted by Gasteiger charge is -2.24. The lowest BCUT2D eigenvalue weighted by molar-refractivity contribution is -0.868. The van der Waals surface area contributed by atoms with Crippen molar-refractivity contribution in [3.8, 4) is 0 Å². The predicted molar refractivity (Wildman–Crippen MR) is 57.8 cm³/mol. The molecule has 0 saturated heterocycles. The highest BCUT2D eigenvalue weighted by Crippen LogP contribution is 2.11. The molecule has 1 N–H and O–H groups in total. The van der Waals surface area contributed by atoms with Crippen molar-refractivity contribution in [1.29, 1.82) is 0 Å². The van der Waals surface area contributed by atoms with Crippen molar-refractivity contribution in [1.82, 2.24) is 0 Å². The van der Waals surface area contributed by atoms with Crippen LogP contribution in [0.25, 0.3) is 0 Å². The number of anilines is 1. The highest BCUT2D eigenvalue weighted by Gasteiger charge is 2.06. The van der Waals surface area contributed by atoms with Gasteiger partial charge in [-0.25, -0.2) is 4.39 Å². The van der Waals surface area contributed by atoms with Crippen LogP contribution < -0.4 is 5.32 Å². The Morgan fingerprint density at radius 2 is 1.86 bits per heavy atom. The van der Waals surface area contributed by atoms with E-state index in [1.807, 2.05) is 6.07 Å². The molecule has 0 unspecified atom stereocenters. The van der Waals surface area contributed by atoms with Gasteiger partial charge in [-0.3, -0.25) is 0 Å². The Hall–Kier alpha value is -1.09. The summed E-state index contributed by atoms with van der Waals surface area (Å²) in [7, 11) is 6.34. The van der Waals surface area contributed by atoms with Gasteiger partial charge in [0.2, 0.25) is 0 Å². The number of nitrogens with one attached hydrogen (secondary N) is 1. The Morgan fingerprint density at radius 3 is 2.43 bits per heavy atom. The first kappa shape index (κ1) is 11.0. The Balaban J connectivity index is 2.43. The van der Waals surface area contributed by atoms with Crippen LogP contribution in [0.15, 0.2) is 24.3 Å². The van der Waals surface area contributed by atoms with E-state index in [1.165, 1.54) is 6.07 Å². The quantitative estimate of drug-likeness (QED) is 0.727. The normalized spacial score (nSPS) is 11.4. The fraction of sp³-hybridized carbons (Fsp3) is 0.455. The number of quaternary nitrogens is 1. The maximum Gasteiger partial charge on any atom is 0.146 e. The van der Waals surface area contributed by atoms with Crippen LogP contribution in [0.2, 0.25) is 0 Å². The van der Waals surface area contributed by atoms with Crippen molar-refractivity contribution in [3.05, 3.63) is 30.1 Å². The molecule has 0 heterocycles. The molecule has 0 spiro atoms. The molecule has 2 nitrogen and oxygen atoms in total. The average Bonchev–Trinajstić information content (AvgIpc) is 2.06. The molecule has 0 atom stereocenters. The summed E-state index contributed by atoms with van der Waals surface area (Å²) < 4.78 is 14.0. The Labute approximate surface area is 84.9 Å². The van der Waals surface area contributed by atoms with Gasteiger partial charge in [0.25, 0.3) is 0 Å². The minimum absolute atomic E-state index is 0.186. The van der Waals surface area contributed by atoms with Crippen LogP contribution in [0.1, 0.15) is 0 Å². The zero-order chi connectivity index (χ0) is 10.6. The van der Waals surface area contributed by atoms with Gasteiger partial charge in [-0.1, -0.05) is 12.1 Å². The highest BCUT2D eigenvalue weighted by molar-refractivity contribution is 5.44. The third-order valence-electron chi connectivity index (χ3n) is 1.97. The van der Waals surface area contributed by atoms with Gasteiger partial charge < -0.3 is 9.80 Å². The number of nitrogens with zero attached hydrogens (tertiary/aromatic N) is 1. The van der Waals surface area contributed by atoms with E-state index < -0.39 is 0 Å². The van der Waals surface area contributed by atoms with Crippen LogP contribution in [0.5, 0.6) is 0 Å². The molecule has 0 aromatic heterocycles. The Bertz CT molecular complexity index is 292. The summed E-state index contributed by atoms with van der Waals surface area (Å²) in [6, 6.07) is 6.75. The van der Waals surface area contributed by atoms with E-state index in [0.29, 0.717) is 5.69 Å². The molecule has 0 saturated carbocycles. The van der Waals surface area contributed by atoms with E-state index in [-0.39, 0.29) is 5.82 Å². The van der Waals surface area contributed by atoms with Crippen molar-refractivity contribution in [2.24, 2.45) is 0 Å². The van der Waals surface area contributed by atoms with Crippen LogP contribution in [0.3, 0.4) is 0 Å². The maximum atomic E-state index is 13.1. The molecule has 0 aliphatic carbocycles. The lowest BCUT2D eigenvalue weighted by atomic mass is 10.3. The monoisotopic (exact) mass is 197 g/mol. The molecule has 3 heteroatoms. The molecule has 1 rings (SSSR count). The second-order valence-electron chi connectivity index (χ2n) is 4.42. The predicted octanol–water partition coefficient (Wildman–Crippen LogP) is 1.94. The Morgan fingerprint density at radius 1 is 1.21 bits per heavy atom. The molecule has 0 aliphatic heterocycles. The smallest absolute Gasteiger partial charge is 0.146 e. The summed E-state index contributed by atoms with van der Waals surface area (Å²) in [6.07, 6.45) is 0. The molecule has 0 amide bonds. The summed E-state index contributed by atoms with van der Waals surface area (Å²) in [5.74, 6) is -0.186. The van der Waals surface area contributed by atoms with E-state index in [1.54, 1.807) is 12.1 Å². The molecule has 1 aromatic carbocycles. The summed E-state index contributed by atoms with van der Waals surface area (Å²) in [5.41, 5.74) is 0.584. The average molecular weight is 197 g/mol. The van der Waals surface area contributed by atoms with E-state index in [4.69, 9.17) is 0 Å². The van der Waals surface area contributed by atoms with Gasteiger partial charge in [-0.05, 0) is 12.1 Å². The standard InChI is InChI=1S/C11H18FN2/c1-14(2,3)9-8-13-11-7-5-4-6-10(11)12/h4-7,13H,8-9H2,1-3H3/q+1. The van der Waals surface area contributed by atoms with E-state index in [9.17, 15) is 4.39 Å². The first-order valence-corrected chi connectivity index (χ1v) is 4.78. The molecule has 78 valence electrons. The van der Waals surface area contributed by atoms with E-state index >= 15 is 0 Å². The number of hydrogen-bond acceptors (Lipinski definition) is 1. The first-order valence-electron chi connectivity index (χ1n) is 4.78. The fourth-order valence-corrected chi connectivity index (χ4v) is 1.13. The van der Waals surface area contributed by atoms with Crippen molar-refractivity contribution >= 4 is 5.69 Å². The van der Waals surface area contributed by atoms with Crippen molar-refractivity contribution < 1.29 is 8.87 Å². The third kappa shape index (κ3) is 3.75. The van der Waals surface area contributed by atoms with E-state index in [2.05, 4.69) is 26.5 Å². The fourth-order valence-electron chi connectivity index (χ4n) is 1.13. The highest BCUT2D eigenvalue weighted by atomic mass is 19.1. The third-order valence-corrected chi connectivity index (χ3v) is 1.97. The molecule has 1 aromatic rings. The first-order chi connectivity index (χ1) is 6.49. The molecule has 0 aliphatic rings. The van der Waals surface area contributed by atoms with Gasteiger partial charge >= 0.3 is 0 Å². The zero-order valence-corrected chi connectivity index (χ0v) is 9.05. The van der Waals surface area contributed by atoms with Crippen molar-refractivity contribution in [3.63, 3.8) is 0 Å². The summed E-state index contributed by atoms with van der Waals surface area (Å²) in [6.45, 7) is 1.75. The largest absolute Gasteiger partial charge is 0.377 e. The molecule has 0 bridgehead atoms. The Kier molecular flexibility index (Phi) is 3.47. The number of rotatable bonds is 4.